The molecule has 1 heterocycles. The Morgan fingerprint density at radius 1 is 1.47 bits per heavy atom. The summed E-state index contributed by atoms with van der Waals surface area (Å²) >= 11 is 8.95. The third-order valence-electron chi connectivity index (χ3n) is 1.81. The number of aromatic nitrogens is 2. The van der Waals surface area contributed by atoms with Crippen LogP contribution in [-0.4, -0.2) is 16.1 Å². The first-order chi connectivity index (χ1) is 8.06. The zero-order valence-electron chi connectivity index (χ0n) is 8.28. The van der Waals surface area contributed by atoms with Gasteiger partial charge in [0.25, 0.3) is 5.91 Å². The molecule has 88 valence electrons. The Morgan fingerprint density at radius 3 is 2.82 bits per heavy atom. The Hall–Kier alpha value is -0.930. The van der Waals surface area contributed by atoms with Crippen LogP contribution >= 0.6 is 45.5 Å². The first-order valence-electron chi connectivity index (χ1n) is 4.41. The van der Waals surface area contributed by atoms with Gasteiger partial charge in [0.15, 0.2) is 0 Å². The van der Waals surface area contributed by atoms with Crippen LogP contribution in [0, 0.1) is 3.57 Å². The molecule has 0 aliphatic heterocycles. The van der Waals surface area contributed by atoms with Crippen LogP contribution < -0.4 is 11.1 Å². The molecule has 1 aromatic carbocycles. The summed E-state index contributed by atoms with van der Waals surface area (Å²) in [7, 11) is 0. The SMILES string of the molecule is Nc1nnc(C(=O)Nc2ccc(Cl)cc2I)s1. The summed E-state index contributed by atoms with van der Waals surface area (Å²) in [6, 6.07) is 5.19. The van der Waals surface area contributed by atoms with E-state index in [1.807, 2.05) is 0 Å². The van der Waals surface area contributed by atoms with Crippen LogP contribution in [0.5, 0.6) is 0 Å². The maximum absolute atomic E-state index is 11.8. The van der Waals surface area contributed by atoms with Crippen molar-refractivity contribution in [3.63, 3.8) is 0 Å². The van der Waals surface area contributed by atoms with E-state index < -0.39 is 0 Å². The predicted octanol–water partition coefficient (Wildman–Crippen LogP) is 2.63. The van der Waals surface area contributed by atoms with Gasteiger partial charge in [0.05, 0.1) is 5.69 Å². The molecule has 1 aromatic heterocycles. The summed E-state index contributed by atoms with van der Waals surface area (Å²) in [5, 5.41) is 11.1. The fraction of sp³-hybridized carbons (Fsp3) is 0. The predicted molar refractivity (Wildman–Crippen MR) is 76.4 cm³/mol. The summed E-state index contributed by atoms with van der Waals surface area (Å²) < 4.78 is 0.848. The van der Waals surface area contributed by atoms with Crippen LogP contribution in [-0.2, 0) is 0 Å². The van der Waals surface area contributed by atoms with Gasteiger partial charge in [-0.25, -0.2) is 0 Å². The third-order valence-corrected chi connectivity index (χ3v) is 3.69. The second kappa shape index (κ2) is 5.15. The fourth-order valence-electron chi connectivity index (χ4n) is 1.09. The van der Waals surface area contributed by atoms with E-state index in [0.717, 1.165) is 14.9 Å². The third kappa shape index (κ3) is 3.05. The Bertz CT molecular complexity index is 574. The molecule has 8 heteroatoms. The number of hydrogen-bond acceptors (Lipinski definition) is 5. The molecular weight excluding hydrogens is 375 g/mol. The van der Waals surface area contributed by atoms with Gasteiger partial charge in [0.2, 0.25) is 10.1 Å². The number of nitrogens with two attached hydrogens (primary N) is 1. The maximum atomic E-state index is 11.8. The molecule has 2 aromatic rings. The van der Waals surface area contributed by atoms with E-state index in [0.29, 0.717) is 10.7 Å². The molecule has 0 fully saturated rings. The number of anilines is 2. The normalized spacial score (nSPS) is 10.2. The number of rotatable bonds is 2. The van der Waals surface area contributed by atoms with Gasteiger partial charge < -0.3 is 11.1 Å². The molecule has 17 heavy (non-hydrogen) atoms. The van der Waals surface area contributed by atoms with Crippen molar-refractivity contribution in [2.24, 2.45) is 0 Å². The molecule has 0 aliphatic carbocycles. The number of carbonyl (C=O) groups excluding carboxylic acids is 1. The second-order valence-electron chi connectivity index (χ2n) is 3.02. The summed E-state index contributed by atoms with van der Waals surface area (Å²) in [6.45, 7) is 0. The second-order valence-corrected chi connectivity index (χ2v) is 5.63. The van der Waals surface area contributed by atoms with Gasteiger partial charge in [0, 0.05) is 8.59 Å². The zero-order valence-corrected chi connectivity index (χ0v) is 12.0. The van der Waals surface area contributed by atoms with Crippen LogP contribution in [0.15, 0.2) is 18.2 Å². The number of halogens is 2. The molecule has 0 radical (unpaired) electrons. The molecular formula is C9H6ClIN4OS. The minimum absolute atomic E-state index is 0.230. The molecule has 0 spiro atoms. The maximum Gasteiger partial charge on any atom is 0.286 e. The Balaban J connectivity index is 2.18. The average Bonchev–Trinajstić information content (AvgIpc) is 2.69. The van der Waals surface area contributed by atoms with Crippen molar-refractivity contribution < 1.29 is 4.79 Å². The topological polar surface area (TPSA) is 80.9 Å². The Labute approximate surface area is 120 Å². The monoisotopic (exact) mass is 380 g/mol. The molecule has 2 rings (SSSR count). The molecule has 3 N–H and O–H groups in total. The zero-order chi connectivity index (χ0) is 12.4. The van der Waals surface area contributed by atoms with Gasteiger partial charge >= 0.3 is 0 Å². The lowest BCUT2D eigenvalue weighted by Gasteiger charge is -2.05. The summed E-state index contributed by atoms with van der Waals surface area (Å²) in [4.78, 5) is 11.8. The van der Waals surface area contributed by atoms with Crippen molar-refractivity contribution in [2.75, 3.05) is 11.1 Å². The van der Waals surface area contributed by atoms with E-state index in [-0.39, 0.29) is 16.0 Å². The lowest BCUT2D eigenvalue weighted by Crippen LogP contribution is -2.12. The molecule has 5 nitrogen and oxygen atoms in total. The van der Waals surface area contributed by atoms with Gasteiger partial charge in [0.1, 0.15) is 0 Å². The molecule has 0 bridgehead atoms. The van der Waals surface area contributed by atoms with Crippen LogP contribution in [0.1, 0.15) is 9.80 Å². The first-order valence-corrected chi connectivity index (χ1v) is 6.69. The van der Waals surface area contributed by atoms with Gasteiger partial charge in [-0.3, -0.25) is 4.79 Å². The first kappa shape index (κ1) is 12.5. The van der Waals surface area contributed by atoms with E-state index in [2.05, 4.69) is 38.1 Å². The lowest BCUT2D eigenvalue weighted by molar-refractivity contribution is 0.102. The lowest BCUT2D eigenvalue weighted by atomic mass is 10.3. The van der Waals surface area contributed by atoms with E-state index in [1.165, 1.54) is 0 Å². The number of carbonyl (C=O) groups is 1. The molecule has 1 amide bonds. The van der Waals surface area contributed by atoms with E-state index in [9.17, 15) is 4.79 Å². The molecule has 0 saturated carbocycles. The van der Waals surface area contributed by atoms with Crippen molar-refractivity contribution >= 4 is 62.3 Å². The largest absolute Gasteiger partial charge is 0.374 e. The Kier molecular flexibility index (Phi) is 3.79. The molecule has 0 unspecified atom stereocenters. The number of hydrogen-bond donors (Lipinski definition) is 2. The highest BCUT2D eigenvalue weighted by Crippen LogP contribution is 2.23. The molecule has 0 aliphatic rings. The summed E-state index contributed by atoms with van der Waals surface area (Å²) in [5.41, 5.74) is 6.08. The Morgan fingerprint density at radius 2 is 2.24 bits per heavy atom. The standard InChI is InChI=1S/C9H6ClIN4OS/c10-4-1-2-6(5(11)3-4)13-7(16)8-14-15-9(12)17-8/h1-3H,(H2,12,15)(H,13,16). The number of amides is 1. The van der Waals surface area contributed by atoms with Crippen LogP contribution in [0.4, 0.5) is 10.8 Å². The number of benzene rings is 1. The van der Waals surface area contributed by atoms with Gasteiger partial charge in [-0.15, -0.1) is 10.2 Å². The number of nitrogens with zero attached hydrogens (tertiary/aromatic N) is 2. The minimum atomic E-state index is -0.334. The minimum Gasteiger partial charge on any atom is -0.374 e. The van der Waals surface area contributed by atoms with Crippen LogP contribution in [0.2, 0.25) is 5.02 Å². The van der Waals surface area contributed by atoms with Crippen molar-refractivity contribution in [1.29, 1.82) is 0 Å². The molecule has 0 saturated heterocycles. The summed E-state index contributed by atoms with van der Waals surface area (Å²) in [5.74, 6) is -0.334. The number of nitrogen functional groups attached to an aromatic ring is 1. The quantitative estimate of drug-likeness (QED) is 0.785. The van der Waals surface area contributed by atoms with Gasteiger partial charge in [-0.05, 0) is 40.8 Å². The van der Waals surface area contributed by atoms with Crippen molar-refractivity contribution in [1.82, 2.24) is 10.2 Å². The van der Waals surface area contributed by atoms with Gasteiger partial charge in [-0.1, -0.05) is 22.9 Å². The van der Waals surface area contributed by atoms with E-state index >= 15 is 0 Å². The highest BCUT2D eigenvalue weighted by atomic mass is 127. The van der Waals surface area contributed by atoms with E-state index in [1.54, 1.807) is 18.2 Å². The van der Waals surface area contributed by atoms with E-state index in [4.69, 9.17) is 17.3 Å². The highest BCUT2D eigenvalue weighted by Gasteiger charge is 2.13. The van der Waals surface area contributed by atoms with Crippen LogP contribution in [0.3, 0.4) is 0 Å². The summed E-state index contributed by atoms with van der Waals surface area (Å²) in [6.07, 6.45) is 0. The van der Waals surface area contributed by atoms with Gasteiger partial charge in [-0.2, -0.15) is 0 Å². The van der Waals surface area contributed by atoms with Crippen LogP contribution in [0.25, 0.3) is 0 Å². The smallest absolute Gasteiger partial charge is 0.286 e. The highest BCUT2D eigenvalue weighted by molar-refractivity contribution is 14.1. The number of nitrogens with one attached hydrogen (secondary N) is 1. The van der Waals surface area contributed by atoms with Crippen molar-refractivity contribution in [3.05, 3.63) is 31.8 Å². The molecule has 0 atom stereocenters. The fourth-order valence-corrected chi connectivity index (χ4v) is 2.60. The van der Waals surface area contributed by atoms with Crippen molar-refractivity contribution in [2.45, 2.75) is 0 Å². The average molecular weight is 381 g/mol. The van der Waals surface area contributed by atoms with Crippen molar-refractivity contribution in [3.8, 4) is 0 Å².